The van der Waals surface area contributed by atoms with Gasteiger partial charge in [0.25, 0.3) is 0 Å². The summed E-state index contributed by atoms with van der Waals surface area (Å²) >= 11 is 7.67. The first-order chi connectivity index (χ1) is 4.74. The monoisotopic (exact) mass is 243 g/mol. The fraction of sp³-hybridized carbons (Fsp3) is 0.143. The summed E-state index contributed by atoms with van der Waals surface area (Å²) in [5.74, 6) is 0. The smallest absolute Gasteiger partial charge is 1.00 e. The summed E-state index contributed by atoms with van der Waals surface area (Å²) in [6, 6.07) is 5.92. The number of hydrogen-bond acceptors (Lipinski definition) is 1. The molecule has 0 fully saturated rings. The SMILES string of the molecule is NCc1cc[c]([Mg+])cc1Cl.[Br-]. The van der Waals surface area contributed by atoms with Crippen molar-refractivity contribution >= 4 is 37.0 Å². The molecule has 1 aromatic carbocycles. The topological polar surface area (TPSA) is 26.0 Å². The molecule has 1 aromatic rings. The molecule has 2 N–H and O–H groups in total. The van der Waals surface area contributed by atoms with Crippen molar-refractivity contribution in [2.45, 2.75) is 6.54 Å². The zero-order valence-electron chi connectivity index (χ0n) is 5.98. The van der Waals surface area contributed by atoms with Crippen molar-refractivity contribution in [1.29, 1.82) is 0 Å². The molecule has 0 unspecified atom stereocenters. The van der Waals surface area contributed by atoms with Crippen LogP contribution in [0.2, 0.25) is 5.02 Å². The average Bonchev–Trinajstić information content (AvgIpc) is 1.88. The quantitative estimate of drug-likeness (QED) is 0.548. The molecule has 0 heterocycles. The third-order valence-corrected chi connectivity index (χ3v) is 2.13. The number of hydrogen-bond donors (Lipinski definition) is 1. The maximum atomic E-state index is 5.85. The van der Waals surface area contributed by atoms with Crippen LogP contribution < -0.4 is 26.4 Å². The number of rotatable bonds is 1. The second-order valence-corrected chi connectivity index (χ2v) is 3.35. The van der Waals surface area contributed by atoms with Crippen LogP contribution in [0.3, 0.4) is 0 Å². The predicted octanol–water partition coefficient (Wildman–Crippen LogP) is -2.40. The Morgan fingerprint density at radius 3 is 2.55 bits per heavy atom. The van der Waals surface area contributed by atoms with Crippen LogP contribution in [-0.4, -0.2) is 21.7 Å². The van der Waals surface area contributed by atoms with Crippen LogP contribution in [0.25, 0.3) is 0 Å². The summed E-state index contributed by atoms with van der Waals surface area (Å²) in [6.45, 7) is 0.516. The molecule has 1 nitrogen and oxygen atoms in total. The van der Waals surface area contributed by atoms with Crippen molar-refractivity contribution in [2.75, 3.05) is 0 Å². The van der Waals surface area contributed by atoms with E-state index >= 15 is 0 Å². The Kier molecular flexibility index (Phi) is 5.73. The van der Waals surface area contributed by atoms with Gasteiger partial charge >= 0.3 is 78.1 Å². The van der Waals surface area contributed by atoms with Gasteiger partial charge in [-0.2, -0.15) is 0 Å². The minimum absolute atomic E-state index is 0. The predicted molar refractivity (Wildman–Crippen MR) is 44.7 cm³/mol. The maximum Gasteiger partial charge on any atom is -1.00 e. The summed E-state index contributed by atoms with van der Waals surface area (Å²) in [5.41, 5.74) is 6.43. The van der Waals surface area contributed by atoms with E-state index < -0.39 is 0 Å². The summed E-state index contributed by atoms with van der Waals surface area (Å²) < 4.78 is 1.20. The molecule has 0 radical (unpaired) electrons. The van der Waals surface area contributed by atoms with E-state index in [1.807, 2.05) is 39.9 Å². The Balaban J connectivity index is 0.000001000. The van der Waals surface area contributed by atoms with Gasteiger partial charge in [-0.15, -0.1) is 0 Å². The van der Waals surface area contributed by atoms with Crippen LogP contribution in [0.5, 0.6) is 0 Å². The molecule has 0 aliphatic heterocycles. The second-order valence-electron chi connectivity index (χ2n) is 2.13. The molecule has 56 valence electrons. The van der Waals surface area contributed by atoms with Crippen molar-refractivity contribution in [3.8, 4) is 0 Å². The van der Waals surface area contributed by atoms with Gasteiger partial charge in [0.2, 0.25) is 0 Å². The fourth-order valence-electron chi connectivity index (χ4n) is 0.756. The van der Waals surface area contributed by atoms with Crippen LogP contribution in [-0.2, 0) is 6.54 Å². The van der Waals surface area contributed by atoms with Gasteiger partial charge in [-0.25, -0.2) is 0 Å². The van der Waals surface area contributed by atoms with Crippen molar-refractivity contribution in [2.24, 2.45) is 5.73 Å². The van der Waals surface area contributed by atoms with Crippen LogP contribution in [0, 0.1) is 0 Å². The van der Waals surface area contributed by atoms with E-state index in [0.717, 1.165) is 10.6 Å². The van der Waals surface area contributed by atoms with Gasteiger partial charge in [0.15, 0.2) is 0 Å². The summed E-state index contributed by atoms with van der Waals surface area (Å²) in [6.07, 6.45) is 0. The average molecular weight is 245 g/mol. The van der Waals surface area contributed by atoms with E-state index in [-0.39, 0.29) is 17.0 Å². The van der Waals surface area contributed by atoms with Crippen LogP contribution in [0.15, 0.2) is 18.2 Å². The van der Waals surface area contributed by atoms with E-state index in [4.69, 9.17) is 17.3 Å². The van der Waals surface area contributed by atoms with E-state index in [2.05, 4.69) is 0 Å². The molecule has 0 saturated carbocycles. The fourth-order valence-corrected chi connectivity index (χ4v) is 1.49. The first kappa shape index (κ1) is 11.7. The standard InChI is InChI=1S/C7H7ClN.BrH.Mg/c8-7-4-2-1-3-6(7)5-9;;/h1,3-4H,5,9H2;1H;/q;;+1/p-1. The molecule has 1 rings (SSSR count). The Hall–Kier alpha value is 0.716. The molecule has 0 aliphatic rings. The summed E-state index contributed by atoms with van der Waals surface area (Å²) in [4.78, 5) is 0. The maximum absolute atomic E-state index is 5.85. The van der Waals surface area contributed by atoms with Crippen molar-refractivity contribution in [3.05, 3.63) is 28.8 Å². The number of benzene rings is 1. The molecular weight excluding hydrogens is 238 g/mol. The van der Waals surface area contributed by atoms with Crippen LogP contribution >= 0.6 is 11.6 Å². The van der Waals surface area contributed by atoms with E-state index in [1.165, 1.54) is 3.69 Å². The molecule has 0 aromatic heterocycles. The second kappa shape index (κ2) is 5.38. The Bertz CT molecular complexity index is 242. The molecule has 0 atom stereocenters. The summed E-state index contributed by atoms with van der Waals surface area (Å²) in [7, 11) is 0. The molecule has 0 aliphatic carbocycles. The van der Waals surface area contributed by atoms with Gasteiger partial charge in [0, 0.05) is 0 Å². The third kappa shape index (κ3) is 3.30. The molecule has 4 heteroatoms. The van der Waals surface area contributed by atoms with Gasteiger partial charge in [-0.05, 0) is 0 Å². The van der Waals surface area contributed by atoms with Gasteiger partial charge in [-0.3, -0.25) is 0 Å². The van der Waals surface area contributed by atoms with E-state index in [1.54, 1.807) is 0 Å². The molecule has 0 saturated heterocycles. The minimum Gasteiger partial charge on any atom is -1.00 e. The summed E-state index contributed by atoms with van der Waals surface area (Å²) in [5, 5.41) is 0.773. The Morgan fingerprint density at radius 1 is 1.45 bits per heavy atom. The van der Waals surface area contributed by atoms with E-state index in [0.29, 0.717) is 6.54 Å². The van der Waals surface area contributed by atoms with Crippen LogP contribution in [0.4, 0.5) is 0 Å². The van der Waals surface area contributed by atoms with Gasteiger partial charge < -0.3 is 17.0 Å². The largest absolute Gasteiger partial charge is 1.00 e. The van der Waals surface area contributed by atoms with Gasteiger partial charge in [0.1, 0.15) is 0 Å². The molecule has 11 heavy (non-hydrogen) atoms. The molecule has 0 bridgehead atoms. The normalized spacial score (nSPS) is 9.09. The zero-order chi connectivity index (χ0) is 7.56. The Morgan fingerprint density at radius 2 is 2.09 bits per heavy atom. The van der Waals surface area contributed by atoms with E-state index in [9.17, 15) is 0 Å². The Labute approximate surface area is 94.5 Å². The van der Waals surface area contributed by atoms with Crippen molar-refractivity contribution < 1.29 is 17.0 Å². The first-order valence-electron chi connectivity index (χ1n) is 3.04. The molecular formula is C7H7BrClMgN. The van der Waals surface area contributed by atoms with Crippen molar-refractivity contribution in [1.82, 2.24) is 0 Å². The minimum atomic E-state index is 0. The third-order valence-electron chi connectivity index (χ3n) is 1.34. The molecule has 0 amide bonds. The van der Waals surface area contributed by atoms with Crippen molar-refractivity contribution in [3.63, 3.8) is 0 Å². The van der Waals surface area contributed by atoms with Gasteiger partial charge in [-0.1, -0.05) is 0 Å². The molecule has 0 spiro atoms. The zero-order valence-corrected chi connectivity index (χ0v) is 9.74. The first-order valence-corrected chi connectivity index (χ1v) is 4.13. The van der Waals surface area contributed by atoms with Gasteiger partial charge in [0.05, 0.1) is 0 Å². The number of nitrogens with two attached hydrogens (primary N) is 1. The van der Waals surface area contributed by atoms with Crippen LogP contribution in [0.1, 0.15) is 5.56 Å². The number of halogens is 2.